The van der Waals surface area contributed by atoms with Crippen LogP contribution in [0.3, 0.4) is 0 Å². The Morgan fingerprint density at radius 3 is 2.12 bits per heavy atom. The predicted molar refractivity (Wildman–Crippen MR) is 68.7 cm³/mol. The first-order valence-electron chi connectivity index (χ1n) is 5.46. The van der Waals surface area contributed by atoms with E-state index >= 15 is 0 Å². The molecular formula is C11H25ClN2O2. The fraction of sp³-hybridized carbons (Fsp3) is 0.909. The van der Waals surface area contributed by atoms with Gasteiger partial charge in [-0.2, -0.15) is 0 Å². The van der Waals surface area contributed by atoms with Crippen molar-refractivity contribution < 1.29 is 9.53 Å². The quantitative estimate of drug-likeness (QED) is 0.746. The van der Waals surface area contributed by atoms with Crippen LogP contribution < -0.4 is 11.1 Å². The highest BCUT2D eigenvalue weighted by atomic mass is 35.5. The van der Waals surface area contributed by atoms with Gasteiger partial charge >= 0.3 is 0 Å². The van der Waals surface area contributed by atoms with Gasteiger partial charge in [-0.3, -0.25) is 4.79 Å². The molecule has 0 rings (SSSR count). The van der Waals surface area contributed by atoms with Gasteiger partial charge in [-0.1, -0.05) is 20.8 Å². The Morgan fingerprint density at radius 1 is 1.31 bits per heavy atom. The maximum atomic E-state index is 11.6. The second-order valence-electron chi connectivity index (χ2n) is 4.41. The lowest BCUT2D eigenvalue weighted by atomic mass is 10.0. The Hall–Kier alpha value is -0.320. The summed E-state index contributed by atoms with van der Waals surface area (Å²) >= 11 is 0. The van der Waals surface area contributed by atoms with Crippen LogP contribution in [-0.4, -0.2) is 31.7 Å². The molecule has 3 N–H and O–H groups in total. The number of ether oxygens (including phenoxy) is 1. The van der Waals surface area contributed by atoms with Crippen molar-refractivity contribution in [2.24, 2.45) is 17.6 Å². The van der Waals surface area contributed by atoms with Gasteiger partial charge in [-0.15, -0.1) is 12.4 Å². The molecule has 5 heteroatoms. The van der Waals surface area contributed by atoms with E-state index in [1.54, 1.807) is 7.11 Å². The van der Waals surface area contributed by atoms with E-state index in [0.717, 1.165) is 0 Å². The minimum absolute atomic E-state index is 0. The van der Waals surface area contributed by atoms with Crippen molar-refractivity contribution in [3.8, 4) is 0 Å². The molecule has 98 valence electrons. The fourth-order valence-electron chi connectivity index (χ4n) is 1.19. The average molecular weight is 253 g/mol. The Kier molecular flexibility index (Phi) is 9.92. The smallest absolute Gasteiger partial charge is 0.224 e. The Labute approximate surface area is 105 Å². The van der Waals surface area contributed by atoms with Crippen molar-refractivity contribution in [2.75, 3.05) is 13.7 Å². The topological polar surface area (TPSA) is 64.3 Å². The second-order valence-corrected chi connectivity index (χ2v) is 4.41. The molecule has 0 spiro atoms. The van der Waals surface area contributed by atoms with Crippen molar-refractivity contribution in [3.05, 3.63) is 0 Å². The molecular weight excluding hydrogens is 228 g/mol. The van der Waals surface area contributed by atoms with Crippen molar-refractivity contribution in [3.63, 3.8) is 0 Å². The summed E-state index contributed by atoms with van der Waals surface area (Å²) in [5, 5.41) is 2.85. The van der Waals surface area contributed by atoms with Gasteiger partial charge in [0.15, 0.2) is 0 Å². The molecule has 4 nitrogen and oxygen atoms in total. The Bertz CT molecular complexity index is 198. The van der Waals surface area contributed by atoms with E-state index in [1.165, 1.54) is 0 Å². The largest absolute Gasteiger partial charge is 0.379 e. The van der Waals surface area contributed by atoms with Gasteiger partial charge in [0.1, 0.15) is 0 Å². The summed E-state index contributed by atoms with van der Waals surface area (Å²) in [6.45, 7) is 8.34. The number of carbonyl (C=O) groups is 1. The molecule has 16 heavy (non-hydrogen) atoms. The second kappa shape index (κ2) is 8.79. The number of carbonyl (C=O) groups excluding carboxylic acids is 1. The van der Waals surface area contributed by atoms with Crippen LogP contribution in [0.15, 0.2) is 0 Å². The third kappa shape index (κ3) is 6.30. The maximum absolute atomic E-state index is 11.6. The predicted octanol–water partition coefficient (Wildman–Crippen LogP) is 1.18. The molecule has 0 aliphatic heterocycles. The number of hydrogen-bond acceptors (Lipinski definition) is 3. The summed E-state index contributed by atoms with van der Waals surface area (Å²) in [7, 11) is 1.66. The minimum Gasteiger partial charge on any atom is -0.379 e. The third-order valence-corrected chi connectivity index (χ3v) is 2.73. The van der Waals surface area contributed by atoms with E-state index in [1.807, 2.05) is 13.8 Å². The van der Waals surface area contributed by atoms with Gasteiger partial charge in [0, 0.05) is 25.6 Å². The molecule has 0 saturated carbocycles. The molecule has 0 bridgehead atoms. The maximum Gasteiger partial charge on any atom is 0.224 e. The van der Waals surface area contributed by atoms with Gasteiger partial charge in [0.2, 0.25) is 5.91 Å². The van der Waals surface area contributed by atoms with E-state index in [0.29, 0.717) is 12.5 Å². The van der Waals surface area contributed by atoms with Crippen LogP contribution >= 0.6 is 12.4 Å². The molecule has 3 atom stereocenters. The van der Waals surface area contributed by atoms with Crippen LogP contribution in [0, 0.1) is 11.8 Å². The zero-order valence-electron chi connectivity index (χ0n) is 10.8. The molecule has 0 heterocycles. The number of hydrogen-bond donors (Lipinski definition) is 2. The lowest BCUT2D eigenvalue weighted by molar-refractivity contribution is -0.125. The molecule has 0 fully saturated rings. The number of methoxy groups -OCH3 is 1. The molecule has 0 aromatic heterocycles. The lowest BCUT2D eigenvalue weighted by Gasteiger charge is -2.21. The number of nitrogens with one attached hydrogen (secondary N) is 1. The standard InChI is InChI=1S/C11H24N2O2.ClH/c1-7(2)10(15-5)6-13-11(14)8(3)9(4)12;/h7-10H,6,12H2,1-5H3,(H,13,14);1H. The number of nitrogens with two attached hydrogens (primary N) is 1. The first-order chi connectivity index (χ1) is 6.90. The first kappa shape index (κ1) is 18.1. The summed E-state index contributed by atoms with van der Waals surface area (Å²) < 4.78 is 5.26. The molecule has 0 aromatic rings. The van der Waals surface area contributed by atoms with Gasteiger partial charge in [0.05, 0.1) is 6.10 Å². The van der Waals surface area contributed by atoms with E-state index in [9.17, 15) is 4.79 Å². The monoisotopic (exact) mass is 252 g/mol. The van der Waals surface area contributed by atoms with Crippen molar-refractivity contribution in [1.29, 1.82) is 0 Å². The lowest BCUT2D eigenvalue weighted by Crippen LogP contribution is -2.42. The van der Waals surface area contributed by atoms with Crippen LogP contribution in [0.25, 0.3) is 0 Å². The highest BCUT2D eigenvalue weighted by Gasteiger charge is 2.19. The minimum atomic E-state index is -0.158. The normalized spacial score (nSPS) is 16.2. The molecule has 3 unspecified atom stereocenters. The SMILES string of the molecule is COC(CNC(=O)C(C)C(C)N)C(C)C.Cl. The highest BCUT2D eigenvalue weighted by Crippen LogP contribution is 2.05. The zero-order valence-corrected chi connectivity index (χ0v) is 11.6. The van der Waals surface area contributed by atoms with Gasteiger partial charge in [-0.05, 0) is 12.8 Å². The summed E-state index contributed by atoms with van der Waals surface area (Å²) in [4.78, 5) is 11.6. The van der Waals surface area contributed by atoms with Crippen molar-refractivity contribution in [2.45, 2.75) is 39.8 Å². The van der Waals surface area contributed by atoms with Crippen LogP contribution in [0.5, 0.6) is 0 Å². The van der Waals surface area contributed by atoms with Gasteiger partial charge in [-0.25, -0.2) is 0 Å². The van der Waals surface area contributed by atoms with Crippen LogP contribution in [0.2, 0.25) is 0 Å². The molecule has 1 amide bonds. The first-order valence-corrected chi connectivity index (χ1v) is 5.46. The summed E-state index contributed by atoms with van der Waals surface area (Å²) in [6, 6.07) is -0.120. The molecule has 0 saturated heterocycles. The summed E-state index contributed by atoms with van der Waals surface area (Å²) in [6.07, 6.45) is 0.0641. The van der Waals surface area contributed by atoms with Crippen molar-refractivity contribution in [1.82, 2.24) is 5.32 Å². The third-order valence-electron chi connectivity index (χ3n) is 2.73. The van der Waals surface area contributed by atoms with E-state index in [2.05, 4.69) is 19.2 Å². The van der Waals surface area contributed by atoms with Gasteiger partial charge < -0.3 is 15.8 Å². The molecule has 0 aromatic carbocycles. The van der Waals surface area contributed by atoms with E-state index in [4.69, 9.17) is 10.5 Å². The van der Waals surface area contributed by atoms with Crippen LogP contribution in [0.4, 0.5) is 0 Å². The Morgan fingerprint density at radius 2 is 1.81 bits per heavy atom. The Balaban J connectivity index is 0. The zero-order chi connectivity index (χ0) is 12.0. The average Bonchev–Trinajstić information content (AvgIpc) is 2.16. The van der Waals surface area contributed by atoms with Gasteiger partial charge in [0.25, 0.3) is 0 Å². The number of amides is 1. The van der Waals surface area contributed by atoms with Crippen molar-refractivity contribution >= 4 is 18.3 Å². The molecule has 0 aliphatic rings. The summed E-state index contributed by atoms with van der Waals surface area (Å²) in [5.41, 5.74) is 5.64. The number of rotatable bonds is 6. The summed E-state index contributed by atoms with van der Waals surface area (Å²) in [5.74, 6) is 0.225. The molecule has 0 radical (unpaired) electrons. The highest BCUT2D eigenvalue weighted by molar-refractivity contribution is 5.85. The molecule has 0 aliphatic carbocycles. The fourth-order valence-corrected chi connectivity index (χ4v) is 1.19. The number of halogens is 1. The van der Waals surface area contributed by atoms with E-state index < -0.39 is 0 Å². The van der Waals surface area contributed by atoms with Crippen LogP contribution in [0.1, 0.15) is 27.7 Å². The van der Waals surface area contributed by atoms with E-state index in [-0.39, 0.29) is 36.4 Å². The van der Waals surface area contributed by atoms with Crippen LogP contribution in [-0.2, 0) is 9.53 Å².